The third-order valence-corrected chi connectivity index (χ3v) is 7.29. The van der Waals surface area contributed by atoms with E-state index in [4.69, 9.17) is 4.74 Å². The monoisotopic (exact) mass is 520 g/mol. The van der Waals surface area contributed by atoms with E-state index in [1.165, 1.54) is 12.0 Å². The van der Waals surface area contributed by atoms with Gasteiger partial charge in [-0.15, -0.1) is 0 Å². The van der Waals surface area contributed by atoms with Crippen molar-refractivity contribution >= 4 is 29.2 Å². The summed E-state index contributed by atoms with van der Waals surface area (Å²) in [5.74, 6) is -0.767. The van der Waals surface area contributed by atoms with Crippen molar-refractivity contribution in [3.05, 3.63) is 59.7 Å². The zero-order valence-electron chi connectivity index (χ0n) is 22.4. The fourth-order valence-corrected chi connectivity index (χ4v) is 5.24. The molecule has 1 saturated carbocycles. The van der Waals surface area contributed by atoms with Gasteiger partial charge in [-0.25, -0.2) is 0 Å². The Hall–Kier alpha value is -3.39. The topological polar surface area (TPSA) is 91.0 Å². The molecule has 2 aromatic carbocycles. The van der Waals surface area contributed by atoms with Crippen molar-refractivity contribution < 1.29 is 19.1 Å². The second kappa shape index (κ2) is 14.0. The van der Waals surface area contributed by atoms with E-state index in [0.717, 1.165) is 64.1 Å². The van der Waals surface area contributed by atoms with E-state index in [2.05, 4.69) is 44.7 Å². The lowest BCUT2D eigenvalue weighted by Gasteiger charge is -2.37. The highest BCUT2D eigenvalue weighted by atomic mass is 16.5. The zero-order chi connectivity index (χ0) is 26.7. The highest BCUT2D eigenvalue weighted by molar-refractivity contribution is 6.02. The van der Waals surface area contributed by atoms with Crippen molar-refractivity contribution in [1.82, 2.24) is 10.2 Å². The Bertz CT molecular complexity index is 1080. The maximum atomic E-state index is 13.5. The van der Waals surface area contributed by atoms with Gasteiger partial charge in [0.05, 0.1) is 18.6 Å². The van der Waals surface area contributed by atoms with E-state index in [-0.39, 0.29) is 30.7 Å². The molecule has 2 fully saturated rings. The number of hydrogen-bond acceptors (Lipinski definition) is 6. The number of anilines is 2. The summed E-state index contributed by atoms with van der Waals surface area (Å²) in [5, 5.41) is 6.09. The van der Waals surface area contributed by atoms with Gasteiger partial charge in [-0.05, 0) is 43.5 Å². The van der Waals surface area contributed by atoms with Crippen molar-refractivity contribution in [2.45, 2.75) is 64.5 Å². The minimum absolute atomic E-state index is 0.0278. The molecule has 0 unspecified atom stereocenters. The number of piperazine rings is 1. The van der Waals surface area contributed by atoms with Gasteiger partial charge in [-0.2, -0.15) is 0 Å². The molecule has 204 valence electrons. The van der Waals surface area contributed by atoms with Crippen LogP contribution in [0.3, 0.4) is 0 Å². The van der Waals surface area contributed by atoms with Gasteiger partial charge in [-0.1, -0.05) is 49.6 Å². The molecule has 0 spiro atoms. The van der Waals surface area contributed by atoms with E-state index in [1.54, 1.807) is 13.0 Å². The highest BCUT2D eigenvalue weighted by Crippen LogP contribution is 2.27. The molecule has 8 heteroatoms. The summed E-state index contributed by atoms with van der Waals surface area (Å²) in [6.45, 7) is 6.41. The molecule has 2 N–H and O–H groups in total. The highest BCUT2D eigenvalue weighted by Gasteiger charge is 2.24. The molecule has 8 nitrogen and oxygen atoms in total. The van der Waals surface area contributed by atoms with Gasteiger partial charge in [-0.3, -0.25) is 19.3 Å². The summed E-state index contributed by atoms with van der Waals surface area (Å²) in [6.07, 6.45) is 5.56. The van der Waals surface area contributed by atoms with Crippen LogP contribution in [-0.2, 0) is 20.9 Å². The second-order valence-corrected chi connectivity index (χ2v) is 10.1. The van der Waals surface area contributed by atoms with Gasteiger partial charge >= 0.3 is 5.97 Å². The molecule has 38 heavy (non-hydrogen) atoms. The number of esters is 1. The Morgan fingerprint density at radius 2 is 1.66 bits per heavy atom. The van der Waals surface area contributed by atoms with E-state index >= 15 is 0 Å². The second-order valence-electron chi connectivity index (χ2n) is 10.1. The molecule has 2 aliphatic rings. The summed E-state index contributed by atoms with van der Waals surface area (Å²) < 4.78 is 4.91. The molecule has 1 saturated heterocycles. The normalized spacial score (nSPS) is 16.6. The first-order chi connectivity index (χ1) is 18.5. The molecular weight excluding hydrogens is 480 g/mol. The maximum absolute atomic E-state index is 13.5. The van der Waals surface area contributed by atoms with Crippen molar-refractivity contribution in [3.8, 4) is 0 Å². The first kappa shape index (κ1) is 27.6. The SMILES string of the molecule is CCOC(=O)CCC(=O)Nc1ccc(N2CCN(Cc3ccccc3)CC2)c(C(=O)NC2CCCCC2)c1. The Kier molecular flexibility index (Phi) is 10.1. The standard InChI is InChI=1S/C30H40N4O4/c1-2-38-29(36)16-15-28(35)31-25-13-14-27(26(21-25)30(37)32-24-11-7-4-8-12-24)34-19-17-33(18-20-34)22-23-9-5-3-6-10-23/h3,5-6,9-10,13-14,21,24H,2,4,7-8,11-12,15-20,22H2,1H3,(H,31,35)(H,32,37). The van der Waals surface area contributed by atoms with E-state index in [9.17, 15) is 14.4 Å². The van der Waals surface area contributed by atoms with Gasteiger partial charge < -0.3 is 20.3 Å². The van der Waals surface area contributed by atoms with Crippen LogP contribution < -0.4 is 15.5 Å². The minimum atomic E-state index is -0.392. The smallest absolute Gasteiger partial charge is 0.306 e. The first-order valence-corrected chi connectivity index (χ1v) is 13.9. The average molecular weight is 521 g/mol. The quantitative estimate of drug-likeness (QED) is 0.453. The molecule has 0 radical (unpaired) electrons. The van der Waals surface area contributed by atoms with Gasteiger partial charge in [0.15, 0.2) is 0 Å². The lowest BCUT2D eigenvalue weighted by atomic mass is 9.95. The van der Waals surface area contributed by atoms with Gasteiger partial charge in [0.2, 0.25) is 5.91 Å². The third-order valence-electron chi connectivity index (χ3n) is 7.29. The molecule has 1 aliphatic carbocycles. The Morgan fingerprint density at radius 3 is 2.37 bits per heavy atom. The number of hydrogen-bond donors (Lipinski definition) is 2. The number of nitrogens with one attached hydrogen (secondary N) is 2. The number of amides is 2. The van der Waals surface area contributed by atoms with Crippen LogP contribution in [0, 0.1) is 0 Å². The number of carbonyl (C=O) groups excluding carboxylic acids is 3. The van der Waals surface area contributed by atoms with Crippen LogP contribution in [0.2, 0.25) is 0 Å². The predicted octanol–water partition coefficient (Wildman–Crippen LogP) is 4.35. The summed E-state index contributed by atoms with van der Waals surface area (Å²) >= 11 is 0. The Balaban J connectivity index is 1.44. The Morgan fingerprint density at radius 1 is 0.921 bits per heavy atom. The largest absolute Gasteiger partial charge is 0.466 e. The first-order valence-electron chi connectivity index (χ1n) is 13.9. The van der Waals surface area contributed by atoms with Crippen LogP contribution >= 0.6 is 0 Å². The number of nitrogens with zero attached hydrogens (tertiary/aromatic N) is 2. The predicted molar refractivity (Wildman–Crippen MR) is 149 cm³/mol. The zero-order valence-corrected chi connectivity index (χ0v) is 22.4. The average Bonchev–Trinajstić information content (AvgIpc) is 2.94. The number of benzene rings is 2. The number of rotatable bonds is 10. The molecule has 0 bridgehead atoms. The van der Waals surface area contributed by atoms with E-state index in [1.807, 2.05) is 18.2 Å². The third kappa shape index (κ3) is 8.05. The summed E-state index contributed by atoms with van der Waals surface area (Å²) in [4.78, 5) is 42.3. The van der Waals surface area contributed by atoms with Crippen molar-refractivity contribution in [2.75, 3.05) is 43.0 Å². The fraction of sp³-hybridized carbons (Fsp3) is 0.500. The van der Waals surface area contributed by atoms with Crippen molar-refractivity contribution in [2.24, 2.45) is 0 Å². The summed E-state index contributed by atoms with van der Waals surface area (Å²) in [7, 11) is 0. The van der Waals surface area contributed by atoms with Crippen LogP contribution in [0.25, 0.3) is 0 Å². The Labute approximate surface area is 225 Å². The summed E-state index contributed by atoms with van der Waals surface area (Å²) in [6, 6.07) is 16.2. The van der Waals surface area contributed by atoms with Crippen LogP contribution in [0.15, 0.2) is 48.5 Å². The molecule has 0 atom stereocenters. The van der Waals surface area contributed by atoms with Crippen LogP contribution in [0.4, 0.5) is 11.4 Å². The summed E-state index contributed by atoms with van der Waals surface area (Å²) in [5.41, 5.74) is 3.33. The maximum Gasteiger partial charge on any atom is 0.306 e. The molecular formula is C30H40N4O4. The van der Waals surface area contributed by atoms with Crippen LogP contribution in [0.5, 0.6) is 0 Å². The fourth-order valence-electron chi connectivity index (χ4n) is 5.24. The molecule has 4 rings (SSSR count). The van der Waals surface area contributed by atoms with Crippen molar-refractivity contribution in [1.29, 1.82) is 0 Å². The lowest BCUT2D eigenvalue weighted by molar-refractivity contribution is -0.144. The molecule has 0 aromatic heterocycles. The van der Waals surface area contributed by atoms with Crippen molar-refractivity contribution in [3.63, 3.8) is 0 Å². The molecule has 1 aliphatic heterocycles. The van der Waals surface area contributed by atoms with Gasteiger partial charge in [0.1, 0.15) is 0 Å². The van der Waals surface area contributed by atoms with Gasteiger partial charge in [0, 0.05) is 56.6 Å². The van der Waals surface area contributed by atoms with E-state index < -0.39 is 5.97 Å². The van der Waals surface area contributed by atoms with Gasteiger partial charge in [0.25, 0.3) is 5.91 Å². The van der Waals surface area contributed by atoms with E-state index in [0.29, 0.717) is 17.9 Å². The molecule has 2 aromatic rings. The molecule has 1 heterocycles. The lowest BCUT2D eigenvalue weighted by Crippen LogP contribution is -2.46. The minimum Gasteiger partial charge on any atom is -0.466 e. The van der Waals surface area contributed by atoms with Crippen LogP contribution in [-0.4, -0.2) is 61.5 Å². The number of carbonyl (C=O) groups is 3. The van der Waals surface area contributed by atoms with Crippen LogP contribution in [0.1, 0.15) is 67.8 Å². The number of ether oxygens (including phenoxy) is 1. The molecule has 2 amide bonds.